The van der Waals surface area contributed by atoms with Crippen molar-refractivity contribution >= 4 is 6.47 Å². The second-order valence-corrected chi connectivity index (χ2v) is 7.87. The first-order valence-corrected chi connectivity index (χ1v) is 7.48. The zero-order chi connectivity index (χ0) is 13.2. The molecule has 3 fully saturated rings. The number of hydrogen-bond donors (Lipinski definition) is 0. The molecule has 2 heteroatoms. The van der Waals surface area contributed by atoms with Gasteiger partial charge in [-0.15, -0.1) is 0 Å². The maximum Gasteiger partial charge on any atom is 0.293 e. The van der Waals surface area contributed by atoms with Gasteiger partial charge in [-0.3, -0.25) is 4.79 Å². The number of carbonyl (C=O) groups is 1. The Kier molecular flexibility index (Phi) is 2.44. The van der Waals surface area contributed by atoms with E-state index in [0.717, 1.165) is 18.3 Å². The molecule has 0 radical (unpaired) electrons. The molecule has 2 bridgehead atoms. The van der Waals surface area contributed by atoms with E-state index in [-0.39, 0.29) is 5.60 Å². The zero-order valence-electron chi connectivity index (χ0n) is 12.2. The molecule has 102 valence electrons. The van der Waals surface area contributed by atoms with E-state index >= 15 is 0 Å². The van der Waals surface area contributed by atoms with Gasteiger partial charge in [0.25, 0.3) is 6.47 Å². The van der Waals surface area contributed by atoms with Gasteiger partial charge in [0.15, 0.2) is 0 Å². The summed E-state index contributed by atoms with van der Waals surface area (Å²) < 4.78 is 5.55. The van der Waals surface area contributed by atoms with Crippen molar-refractivity contribution in [3.63, 3.8) is 0 Å². The van der Waals surface area contributed by atoms with Crippen LogP contribution in [-0.4, -0.2) is 12.1 Å². The summed E-state index contributed by atoms with van der Waals surface area (Å²) in [6.45, 7) is 10.1. The van der Waals surface area contributed by atoms with E-state index in [1.165, 1.54) is 25.7 Å². The van der Waals surface area contributed by atoms with Gasteiger partial charge in [-0.25, -0.2) is 0 Å². The van der Waals surface area contributed by atoms with Gasteiger partial charge < -0.3 is 4.74 Å². The molecule has 0 aliphatic heterocycles. The lowest BCUT2D eigenvalue weighted by Crippen LogP contribution is -2.46. The van der Waals surface area contributed by atoms with E-state index in [0.29, 0.717) is 23.2 Å². The molecule has 5 atom stereocenters. The summed E-state index contributed by atoms with van der Waals surface area (Å²) in [5.74, 6) is 2.23. The Morgan fingerprint density at radius 3 is 2.50 bits per heavy atom. The Balaban J connectivity index is 2.01. The maximum atomic E-state index is 10.9. The highest BCUT2D eigenvalue weighted by molar-refractivity contribution is 5.39. The lowest BCUT2D eigenvalue weighted by molar-refractivity contribution is -0.157. The SMILES string of the molecule is C[C@H]1CC[C@@H]2C(C)(C)[C@@H]3C[C@@]21CC[C@@]3(C)OC=O. The molecule has 0 unspecified atom stereocenters. The van der Waals surface area contributed by atoms with Crippen molar-refractivity contribution in [3.05, 3.63) is 0 Å². The molecule has 0 aromatic carbocycles. The topological polar surface area (TPSA) is 26.3 Å². The molecule has 3 rings (SSSR count). The van der Waals surface area contributed by atoms with Crippen LogP contribution < -0.4 is 0 Å². The number of hydrogen-bond acceptors (Lipinski definition) is 2. The molecular formula is C16H26O2. The zero-order valence-corrected chi connectivity index (χ0v) is 12.2. The summed E-state index contributed by atoms with van der Waals surface area (Å²) in [7, 11) is 0. The van der Waals surface area contributed by atoms with Crippen molar-refractivity contribution in [2.75, 3.05) is 0 Å². The van der Waals surface area contributed by atoms with Crippen molar-refractivity contribution < 1.29 is 9.53 Å². The second kappa shape index (κ2) is 3.52. The smallest absolute Gasteiger partial charge is 0.293 e. The van der Waals surface area contributed by atoms with Crippen LogP contribution >= 0.6 is 0 Å². The molecule has 0 amide bonds. The fourth-order valence-corrected chi connectivity index (χ4v) is 6.11. The summed E-state index contributed by atoms with van der Waals surface area (Å²) in [6, 6.07) is 0. The summed E-state index contributed by atoms with van der Waals surface area (Å²) in [6.07, 6.45) is 6.36. The molecule has 0 N–H and O–H groups in total. The standard InChI is InChI=1S/C16H26O2/c1-11-5-6-12-14(2,3)13-9-16(11,12)8-7-15(13,4)18-10-17/h10-13H,5-9H2,1-4H3/t11-,12+,13-,15+,16+/m0/s1. The first-order chi connectivity index (χ1) is 8.37. The van der Waals surface area contributed by atoms with Crippen molar-refractivity contribution in [2.24, 2.45) is 28.6 Å². The molecule has 0 aromatic rings. The summed E-state index contributed by atoms with van der Waals surface area (Å²) in [5.41, 5.74) is 0.652. The molecular weight excluding hydrogens is 224 g/mol. The highest BCUT2D eigenvalue weighted by Crippen LogP contribution is 2.73. The third-order valence-corrected chi connectivity index (χ3v) is 7.09. The van der Waals surface area contributed by atoms with Crippen LogP contribution in [-0.2, 0) is 9.53 Å². The van der Waals surface area contributed by atoms with Crippen LogP contribution in [0.3, 0.4) is 0 Å². The summed E-state index contributed by atoms with van der Waals surface area (Å²) >= 11 is 0. The van der Waals surface area contributed by atoms with Crippen molar-refractivity contribution in [1.29, 1.82) is 0 Å². The Labute approximate surface area is 110 Å². The van der Waals surface area contributed by atoms with E-state index in [2.05, 4.69) is 27.7 Å². The normalized spacial score (nSPS) is 53.0. The van der Waals surface area contributed by atoms with Crippen molar-refractivity contribution in [3.8, 4) is 0 Å². The highest BCUT2D eigenvalue weighted by Gasteiger charge is 2.68. The monoisotopic (exact) mass is 250 g/mol. The van der Waals surface area contributed by atoms with E-state index in [1.807, 2.05) is 0 Å². The Hall–Kier alpha value is -0.530. The van der Waals surface area contributed by atoms with Crippen LogP contribution in [0.1, 0.15) is 59.8 Å². The van der Waals surface area contributed by atoms with Crippen LogP contribution in [0.25, 0.3) is 0 Å². The molecule has 0 aromatic heterocycles. The molecule has 1 spiro atoms. The fraction of sp³-hybridized carbons (Fsp3) is 0.938. The average molecular weight is 250 g/mol. The summed E-state index contributed by atoms with van der Waals surface area (Å²) in [5, 5.41) is 0. The molecule has 3 saturated carbocycles. The molecule has 0 saturated heterocycles. The van der Waals surface area contributed by atoms with Crippen molar-refractivity contribution in [1.82, 2.24) is 0 Å². The fourth-order valence-electron chi connectivity index (χ4n) is 6.11. The second-order valence-electron chi connectivity index (χ2n) is 7.87. The Bertz CT molecular complexity index is 375. The maximum absolute atomic E-state index is 10.9. The van der Waals surface area contributed by atoms with E-state index in [4.69, 9.17) is 4.74 Å². The van der Waals surface area contributed by atoms with Crippen LogP contribution in [0.5, 0.6) is 0 Å². The van der Waals surface area contributed by atoms with Gasteiger partial charge in [0, 0.05) is 5.92 Å². The van der Waals surface area contributed by atoms with Crippen LogP contribution in [0.4, 0.5) is 0 Å². The van der Waals surface area contributed by atoms with Crippen LogP contribution in [0, 0.1) is 28.6 Å². The van der Waals surface area contributed by atoms with Gasteiger partial charge in [-0.05, 0) is 61.7 Å². The van der Waals surface area contributed by atoms with Gasteiger partial charge >= 0.3 is 0 Å². The highest BCUT2D eigenvalue weighted by atomic mass is 16.5. The van der Waals surface area contributed by atoms with Gasteiger partial charge in [-0.2, -0.15) is 0 Å². The first-order valence-electron chi connectivity index (χ1n) is 7.48. The molecule has 18 heavy (non-hydrogen) atoms. The Morgan fingerprint density at radius 1 is 1.11 bits per heavy atom. The third kappa shape index (κ3) is 1.27. The van der Waals surface area contributed by atoms with E-state index in [9.17, 15) is 4.79 Å². The lowest BCUT2D eigenvalue weighted by atomic mass is 9.64. The molecule has 3 aliphatic rings. The predicted octanol–water partition coefficient (Wildman–Crippen LogP) is 3.79. The average Bonchev–Trinajstić information content (AvgIpc) is 2.71. The Morgan fingerprint density at radius 2 is 1.83 bits per heavy atom. The predicted molar refractivity (Wildman–Crippen MR) is 71.0 cm³/mol. The minimum atomic E-state index is -0.222. The van der Waals surface area contributed by atoms with E-state index in [1.54, 1.807) is 0 Å². The quantitative estimate of drug-likeness (QED) is 0.697. The summed E-state index contributed by atoms with van der Waals surface area (Å²) in [4.78, 5) is 10.9. The van der Waals surface area contributed by atoms with Gasteiger partial charge in [-0.1, -0.05) is 20.8 Å². The van der Waals surface area contributed by atoms with Crippen molar-refractivity contribution in [2.45, 2.75) is 65.4 Å². The van der Waals surface area contributed by atoms with Gasteiger partial charge in [0.05, 0.1) is 0 Å². The number of carbonyl (C=O) groups excluding carboxylic acids is 1. The van der Waals surface area contributed by atoms with Gasteiger partial charge in [0.2, 0.25) is 0 Å². The van der Waals surface area contributed by atoms with Gasteiger partial charge in [0.1, 0.15) is 5.60 Å². The molecule has 2 nitrogen and oxygen atoms in total. The number of rotatable bonds is 2. The lowest BCUT2D eigenvalue weighted by Gasteiger charge is -2.45. The number of ether oxygens (including phenoxy) is 1. The minimum Gasteiger partial charge on any atom is -0.461 e. The third-order valence-electron chi connectivity index (χ3n) is 7.09. The minimum absolute atomic E-state index is 0.222. The molecule has 3 aliphatic carbocycles. The van der Waals surface area contributed by atoms with Crippen LogP contribution in [0.15, 0.2) is 0 Å². The molecule has 0 heterocycles. The first kappa shape index (κ1) is 12.5. The van der Waals surface area contributed by atoms with E-state index < -0.39 is 0 Å². The number of fused-ring (bicyclic) bond motifs is 1. The van der Waals surface area contributed by atoms with Crippen LogP contribution in [0.2, 0.25) is 0 Å². The largest absolute Gasteiger partial charge is 0.461 e.